The molecule has 0 saturated carbocycles. The van der Waals surface area contributed by atoms with Crippen LogP contribution in [-0.4, -0.2) is 17.7 Å². The first-order chi connectivity index (χ1) is 26.6. The molecule has 0 spiro atoms. The SMILES string of the molecule is CC1=C(C#N)C(c2ccc(F)cc2)C2=C(CC(c3cccs3)CC2=O)N1.CC1=C(C#N)C(c2ccccc2OC(C)C)C2=C(CC(c3cccs3)CC2=O)N1. The van der Waals surface area contributed by atoms with Crippen LogP contribution in [0.5, 0.6) is 5.75 Å². The number of carbonyl (C=O) groups excluding carboxylic acids is 2. The van der Waals surface area contributed by atoms with E-state index in [-0.39, 0.29) is 41.2 Å². The predicted molar refractivity (Wildman–Crippen MR) is 214 cm³/mol. The van der Waals surface area contributed by atoms with Gasteiger partial charge in [0.15, 0.2) is 11.6 Å². The van der Waals surface area contributed by atoms with E-state index in [2.05, 4.69) is 40.3 Å². The summed E-state index contributed by atoms with van der Waals surface area (Å²) in [7, 11) is 0. The quantitative estimate of drug-likeness (QED) is 0.201. The van der Waals surface area contributed by atoms with E-state index in [9.17, 15) is 24.5 Å². The van der Waals surface area contributed by atoms with Gasteiger partial charge in [0.1, 0.15) is 11.6 Å². The van der Waals surface area contributed by atoms with Crippen LogP contribution in [0.2, 0.25) is 0 Å². The third-order valence-electron chi connectivity index (χ3n) is 10.6. The molecule has 4 aromatic rings. The lowest BCUT2D eigenvalue weighted by atomic mass is 9.73. The lowest BCUT2D eigenvalue weighted by Crippen LogP contribution is -2.33. The molecule has 2 aliphatic carbocycles. The summed E-state index contributed by atoms with van der Waals surface area (Å²) >= 11 is 3.36. The van der Waals surface area contributed by atoms with Crippen molar-refractivity contribution in [1.82, 2.24) is 10.6 Å². The Labute approximate surface area is 329 Å². The van der Waals surface area contributed by atoms with Crippen molar-refractivity contribution in [3.8, 4) is 17.9 Å². The molecule has 55 heavy (non-hydrogen) atoms. The minimum Gasteiger partial charge on any atom is -0.491 e. The fourth-order valence-electron chi connectivity index (χ4n) is 8.20. The largest absolute Gasteiger partial charge is 0.491 e. The van der Waals surface area contributed by atoms with Crippen LogP contribution < -0.4 is 15.4 Å². The number of hydrogen-bond acceptors (Lipinski definition) is 9. The van der Waals surface area contributed by atoms with Crippen molar-refractivity contribution in [2.75, 3.05) is 0 Å². The molecule has 0 radical (unpaired) electrons. The molecule has 10 heteroatoms. The third kappa shape index (κ3) is 7.58. The molecule has 8 rings (SSSR count). The summed E-state index contributed by atoms with van der Waals surface area (Å²) < 4.78 is 19.4. The van der Waals surface area contributed by atoms with Crippen molar-refractivity contribution in [1.29, 1.82) is 10.5 Å². The number of ether oxygens (including phenoxy) is 1. The van der Waals surface area contributed by atoms with Gasteiger partial charge in [-0.25, -0.2) is 4.39 Å². The number of rotatable bonds is 6. The van der Waals surface area contributed by atoms with Crippen molar-refractivity contribution in [3.05, 3.63) is 155 Å². The minimum absolute atomic E-state index is 0.00666. The van der Waals surface area contributed by atoms with Gasteiger partial charge in [-0.15, -0.1) is 22.7 Å². The van der Waals surface area contributed by atoms with Gasteiger partial charge in [-0.1, -0.05) is 42.5 Å². The van der Waals surface area contributed by atoms with Gasteiger partial charge < -0.3 is 15.4 Å². The molecule has 2 N–H and O–H groups in total. The van der Waals surface area contributed by atoms with E-state index in [1.807, 2.05) is 69.5 Å². The number of Topliss-reactive ketones (excluding diaryl/α,β-unsaturated/α-hetero) is 2. The Morgan fingerprint density at radius 2 is 1.22 bits per heavy atom. The maximum Gasteiger partial charge on any atom is 0.162 e. The molecule has 0 fully saturated rings. The second-order valence-corrected chi connectivity index (χ2v) is 16.5. The van der Waals surface area contributed by atoms with Gasteiger partial charge >= 0.3 is 0 Å². The normalized spacial score (nSPS) is 22.2. The average molecular weight is 769 g/mol. The van der Waals surface area contributed by atoms with Gasteiger partial charge in [-0.05, 0) is 87.2 Å². The highest BCUT2D eigenvalue weighted by molar-refractivity contribution is 7.10. The van der Waals surface area contributed by atoms with Crippen LogP contribution in [0.15, 0.2) is 129 Å². The molecule has 2 aliphatic heterocycles. The van der Waals surface area contributed by atoms with E-state index in [1.165, 1.54) is 21.9 Å². The first-order valence-electron chi connectivity index (χ1n) is 18.4. The summed E-state index contributed by atoms with van der Waals surface area (Å²) in [5, 5.41) is 30.4. The number of para-hydroxylation sites is 1. The lowest BCUT2D eigenvalue weighted by Gasteiger charge is -2.35. The summed E-state index contributed by atoms with van der Waals surface area (Å²) in [6.45, 7) is 7.74. The number of hydrogen-bond donors (Lipinski definition) is 2. The molecule has 4 heterocycles. The Morgan fingerprint density at radius 1 is 0.709 bits per heavy atom. The van der Waals surface area contributed by atoms with Crippen LogP contribution in [0, 0.1) is 28.5 Å². The predicted octanol–water partition coefficient (Wildman–Crippen LogP) is 10.2. The van der Waals surface area contributed by atoms with Crippen molar-refractivity contribution >= 4 is 34.2 Å². The van der Waals surface area contributed by atoms with E-state index >= 15 is 0 Å². The molecule has 0 amide bonds. The van der Waals surface area contributed by atoms with E-state index in [0.717, 1.165) is 58.1 Å². The van der Waals surface area contributed by atoms with Gasteiger partial charge in [0, 0.05) is 73.9 Å². The molecule has 0 bridgehead atoms. The zero-order chi connectivity index (χ0) is 38.8. The van der Waals surface area contributed by atoms with Crippen molar-refractivity contribution in [2.24, 2.45) is 0 Å². The molecule has 2 aromatic heterocycles. The number of nitriles is 2. The smallest absolute Gasteiger partial charge is 0.162 e. The summed E-state index contributed by atoms with van der Waals surface area (Å²) in [5.74, 6) is 0.121. The molecular formula is C45H41FN4O3S2. The van der Waals surface area contributed by atoms with Gasteiger partial charge in [-0.2, -0.15) is 10.5 Å². The monoisotopic (exact) mass is 768 g/mol. The molecule has 4 aliphatic rings. The molecule has 7 nitrogen and oxygen atoms in total. The highest BCUT2D eigenvalue weighted by Crippen LogP contribution is 2.48. The average Bonchev–Trinajstić information content (AvgIpc) is 3.91. The van der Waals surface area contributed by atoms with Crippen LogP contribution in [0.1, 0.15) is 97.9 Å². The molecular weight excluding hydrogens is 728 g/mol. The Hall–Kier alpha value is -5.55. The van der Waals surface area contributed by atoms with Crippen LogP contribution in [-0.2, 0) is 9.59 Å². The Kier molecular flexibility index (Phi) is 11.0. The minimum atomic E-state index is -0.423. The number of halogens is 1. The van der Waals surface area contributed by atoms with E-state index < -0.39 is 5.92 Å². The van der Waals surface area contributed by atoms with Gasteiger partial charge in [0.25, 0.3) is 0 Å². The maximum absolute atomic E-state index is 13.4. The molecule has 2 aromatic carbocycles. The van der Waals surface area contributed by atoms with Gasteiger partial charge in [-0.3, -0.25) is 9.59 Å². The number of nitrogens with zero attached hydrogens (tertiary/aromatic N) is 2. The summed E-state index contributed by atoms with van der Waals surface area (Å²) in [6.07, 6.45) is 2.45. The van der Waals surface area contributed by atoms with Crippen LogP contribution in [0.25, 0.3) is 0 Å². The Morgan fingerprint density at radius 3 is 1.71 bits per heavy atom. The third-order valence-corrected chi connectivity index (χ3v) is 12.7. The second-order valence-electron chi connectivity index (χ2n) is 14.5. The summed E-state index contributed by atoms with van der Waals surface area (Å²) in [4.78, 5) is 28.8. The topological polar surface area (TPSA) is 115 Å². The highest BCUT2D eigenvalue weighted by Gasteiger charge is 2.41. The van der Waals surface area contributed by atoms with Crippen molar-refractivity contribution in [3.63, 3.8) is 0 Å². The van der Waals surface area contributed by atoms with Crippen LogP contribution >= 0.6 is 22.7 Å². The number of thiophene rings is 2. The van der Waals surface area contributed by atoms with Crippen molar-refractivity contribution in [2.45, 2.75) is 83.2 Å². The summed E-state index contributed by atoms with van der Waals surface area (Å²) in [6, 6.07) is 26.7. The molecule has 278 valence electrons. The fraction of sp³-hybridized carbons (Fsp3) is 0.289. The number of allylic oxidation sites excluding steroid dienone is 8. The standard InChI is InChI=1S/C24H24N2O2S.C21H17FN2OS/c1-14(2)28-21-8-5-4-7-17(21)23-18(13-25)15(3)26-19-11-16(12-20(27)24(19)23)22-9-6-10-29-22;1-12-16(11-23)20(13-4-6-15(22)7-5-13)21-17(24-12)9-14(10-18(21)25)19-3-2-8-26-19/h4-10,14,16,23,26H,11-12H2,1-3H3;2-8,14,20,24H,9-10H2,1H3. The first-order valence-corrected chi connectivity index (χ1v) is 20.2. The summed E-state index contributed by atoms with van der Waals surface area (Å²) in [5.41, 5.74) is 7.57. The van der Waals surface area contributed by atoms with E-state index in [1.54, 1.807) is 34.8 Å². The van der Waals surface area contributed by atoms with Crippen LogP contribution in [0.4, 0.5) is 4.39 Å². The number of benzene rings is 2. The molecule has 0 saturated heterocycles. The lowest BCUT2D eigenvalue weighted by molar-refractivity contribution is -0.117. The Bertz CT molecular complexity index is 2340. The van der Waals surface area contributed by atoms with Crippen molar-refractivity contribution < 1.29 is 18.7 Å². The second kappa shape index (κ2) is 16.0. The maximum atomic E-state index is 13.4. The zero-order valence-corrected chi connectivity index (χ0v) is 32.7. The van der Waals surface area contributed by atoms with Gasteiger partial charge in [0.2, 0.25) is 0 Å². The van der Waals surface area contributed by atoms with Gasteiger partial charge in [0.05, 0.1) is 41.2 Å². The van der Waals surface area contributed by atoms with E-state index in [4.69, 9.17) is 4.74 Å². The van der Waals surface area contributed by atoms with E-state index in [0.29, 0.717) is 29.6 Å². The molecule has 4 atom stereocenters. The Balaban J connectivity index is 0.000000170. The zero-order valence-electron chi connectivity index (χ0n) is 31.1. The first kappa shape index (κ1) is 37.8. The highest BCUT2D eigenvalue weighted by atomic mass is 32.1. The number of ketones is 2. The number of dihydropyridines is 2. The van der Waals surface area contributed by atoms with Crippen LogP contribution in [0.3, 0.4) is 0 Å². The number of carbonyl (C=O) groups is 2. The fourth-order valence-corrected chi connectivity index (χ4v) is 9.86. The molecule has 4 unspecified atom stereocenters. The number of nitrogens with one attached hydrogen (secondary N) is 2.